The van der Waals surface area contributed by atoms with E-state index in [0.717, 1.165) is 12.8 Å². The van der Waals surface area contributed by atoms with E-state index in [1.807, 2.05) is 13.8 Å². The Labute approximate surface area is 211 Å². The number of methoxy groups -OCH3 is 1. The number of nitrogens with one attached hydrogen (secondary N) is 1. The highest BCUT2D eigenvalue weighted by atomic mass is 16.5. The van der Waals surface area contributed by atoms with Gasteiger partial charge in [0.25, 0.3) is 11.8 Å². The van der Waals surface area contributed by atoms with Gasteiger partial charge in [-0.1, -0.05) is 13.0 Å². The first-order chi connectivity index (χ1) is 17.3. The molecule has 1 aliphatic heterocycles. The maximum atomic E-state index is 13.4. The van der Waals surface area contributed by atoms with Gasteiger partial charge >= 0.3 is 0 Å². The van der Waals surface area contributed by atoms with Crippen molar-refractivity contribution in [2.75, 3.05) is 39.2 Å². The first-order valence-corrected chi connectivity index (χ1v) is 12.4. The van der Waals surface area contributed by atoms with Crippen LogP contribution >= 0.6 is 0 Å². The molecule has 2 aliphatic rings. The lowest BCUT2D eigenvalue weighted by Gasteiger charge is -2.36. The smallest absolute Gasteiger partial charge is 0.272 e. The number of aromatic nitrogens is 1. The Kier molecular flexibility index (Phi) is 7.88. The molecule has 36 heavy (non-hydrogen) atoms. The largest absolute Gasteiger partial charge is 0.491 e. The van der Waals surface area contributed by atoms with Crippen LogP contribution in [0.4, 0.5) is 5.69 Å². The average molecular weight is 495 g/mol. The molecule has 1 N–H and O–H groups in total. The number of ether oxygens (including phenoxy) is 2. The molecule has 0 unspecified atom stereocenters. The van der Waals surface area contributed by atoms with Crippen LogP contribution in [0.2, 0.25) is 0 Å². The Morgan fingerprint density at radius 1 is 1.14 bits per heavy atom. The molecule has 1 aliphatic carbocycles. The third kappa shape index (κ3) is 5.84. The Morgan fingerprint density at radius 3 is 2.58 bits per heavy atom. The van der Waals surface area contributed by atoms with E-state index >= 15 is 0 Å². The highest BCUT2D eigenvalue weighted by molar-refractivity contribution is 6.00. The van der Waals surface area contributed by atoms with Crippen molar-refractivity contribution in [2.45, 2.75) is 38.8 Å². The minimum atomic E-state index is -0.299. The van der Waals surface area contributed by atoms with Crippen LogP contribution in [0.15, 0.2) is 42.6 Å². The monoisotopic (exact) mass is 494 g/mol. The van der Waals surface area contributed by atoms with Gasteiger partial charge in [0.1, 0.15) is 18.1 Å². The van der Waals surface area contributed by atoms with Gasteiger partial charge in [-0.15, -0.1) is 0 Å². The van der Waals surface area contributed by atoms with E-state index in [1.54, 1.807) is 66.6 Å². The van der Waals surface area contributed by atoms with Gasteiger partial charge in [0.2, 0.25) is 5.91 Å². The first kappa shape index (κ1) is 25.6. The van der Waals surface area contributed by atoms with Crippen LogP contribution in [-0.4, -0.2) is 78.5 Å². The molecule has 4 rings (SSSR count). The Balaban J connectivity index is 1.65. The summed E-state index contributed by atoms with van der Waals surface area (Å²) in [7, 11) is 3.33. The Hall–Kier alpha value is -3.46. The summed E-state index contributed by atoms with van der Waals surface area (Å²) in [6, 6.07) is 10.1. The summed E-state index contributed by atoms with van der Waals surface area (Å²) < 4.78 is 11.9. The van der Waals surface area contributed by atoms with E-state index < -0.39 is 0 Å². The number of hydrogen-bond acceptors (Lipinski definition) is 6. The normalized spacial score (nSPS) is 23.1. The lowest BCUT2D eigenvalue weighted by atomic mass is 10.0. The van der Waals surface area contributed by atoms with Crippen LogP contribution < -0.4 is 10.1 Å². The zero-order valence-corrected chi connectivity index (χ0v) is 21.3. The van der Waals surface area contributed by atoms with Crippen LogP contribution in [0.1, 0.15) is 47.5 Å². The zero-order valence-electron chi connectivity index (χ0n) is 21.3. The number of carbonyl (C=O) groups excluding carboxylic acids is 3. The SMILES string of the molecule is CO[C@H]1CN(C)C(=O)c2cc(NC(=O)C3CC3)ccc2OC[C@@H](C)N(C(=O)c2ccccn2)C[C@H]1C. The van der Waals surface area contributed by atoms with Crippen molar-refractivity contribution in [3.05, 3.63) is 53.9 Å². The summed E-state index contributed by atoms with van der Waals surface area (Å²) in [6.45, 7) is 4.84. The van der Waals surface area contributed by atoms with Gasteiger partial charge in [0.15, 0.2) is 0 Å². The van der Waals surface area contributed by atoms with Crippen LogP contribution in [0.5, 0.6) is 5.75 Å². The first-order valence-electron chi connectivity index (χ1n) is 12.4. The predicted molar refractivity (Wildman–Crippen MR) is 135 cm³/mol. The van der Waals surface area contributed by atoms with Gasteiger partial charge in [0.05, 0.1) is 17.7 Å². The molecule has 0 radical (unpaired) electrons. The number of fused-ring (bicyclic) bond motifs is 1. The highest BCUT2D eigenvalue weighted by Gasteiger charge is 2.32. The number of anilines is 1. The third-order valence-electron chi connectivity index (χ3n) is 6.81. The molecule has 0 spiro atoms. The fourth-order valence-electron chi connectivity index (χ4n) is 4.36. The van der Waals surface area contributed by atoms with E-state index in [4.69, 9.17) is 9.47 Å². The molecular formula is C27H34N4O5. The van der Waals surface area contributed by atoms with Gasteiger partial charge < -0.3 is 24.6 Å². The van der Waals surface area contributed by atoms with E-state index in [0.29, 0.717) is 35.8 Å². The molecule has 9 nitrogen and oxygen atoms in total. The molecule has 3 amide bonds. The average Bonchev–Trinajstić information content (AvgIpc) is 3.74. The molecule has 1 fully saturated rings. The minimum absolute atomic E-state index is 0.0320. The molecule has 1 saturated carbocycles. The van der Waals surface area contributed by atoms with Crippen molar-refractivity contribution in [1.82, 2.24) is 14.8 Å². The summed E-state index contributed by atoms with van der Waals surface area (Å²) in [6.07, 6.45) is 3.09. The maximum Gasteiger partial charge on any atom is 0.272 e. The van der Waals surface area contributed by atoms with Crippen molar-refractivity contribution >= 4 is 23.4 Å². The van der Waals surface area contributed by atoms with Gasteiger partial charge in [-0.3, -0.25) is 19.4 Å². The lowest BCUT2D eigenvalue weighted by molar-refractivity contribution is -0.117. The Morgan fingerprint density at radius 2 is 1.92 bits per heavy atom. The second kappa shape index (κ2) is 11.1. The molecule has 0 bridgehead atoms. The summed E-state index contributed by atoms with van der Waals surface area (Å²) in [5, 5.41) is 2.90. The molecule has 3 atom stereocenters. The van der Waals surface area contributed by atoms with E-state index in [9.17, 15) is 14.4 Å². The molecule has 2 aromatic rings. The summed E-state index contributed by atoms with van der Waals surface area (Å²) in [5.74, 6) is -0.0625. The molecular weight excluding hydrogens is 460 g/mol. The van der Waals surface area contributed by atoms with E-state index in [1.165, 1.54) is 0 Å². The second-order valence-corrected chi connectivity index (χ2v) is 9.74. The molecule has 192 valence electrons. The fourth-order valence-corrected chi connectivity index (χ4v) is 4.36. The van der Waals surface area contributed by atoms with Gasteiger partial charge in [-0.2, -0.15) is 0 Å². The molecule has 2 heterocycles. The van der Waals surface area contributed by atoms with Crippen molar-refractivity contribution in [2.24, 2.45) is 11.8 Å². The van der Waals surface area contributed by atoms with Gasteiger partial charge in [-0.05, 0) is 50.1 Å². The summed E-state index contributed by atoms with van der Waals surface area (Å²) in [4.78, 5) is 46.7. The zero-order chi connectivity index (χ0) is 25.8. The van der Waals surface area contributed by atoms with E-state index in [-0.39, 0.29) is 48.3 Å². The summed E-state index contributed by atoms with van der Waals surface area (Å²) in [5.41, 5.74) is 1.27. The number of hydrogen-bond donors (Lipinski definition) is 1. The number of likely N-dealkylation sites (N-methyl/N-ethyl adjacent to an activating group) is 1. The van der Waals surface area contributed by atoms with Crippen LogP contribution in [0.3, 0.4) is 0 Å². The molecule has 9 heteroatoms. The topological polar surface area (TPSA) is 101 Å². The Bertz CT molecular complexity index is 1100. The minimum Gasteiger partial charge on any atom is -0.491 e. The summed E-state index contributed by atoms with van der Waals surface area (Å²) >= 11 is 0. The van der Waals surface area contributed by atoms with Crippen LogP contribution in [-0.2, 0) is 9.53 Å². The van der Waals surface area contributed by atoms with Gasteiger partial charge in [-0.25, -0.2) is 0 Å². The van der Waals surface area contributed by atoms with Crippen LogP contribution in [0, 0.1) is 11.8 Å². The molecule has 0 saturated heterocycles. The van der Waals surface area contributed by atoms with Gasteiger partial charge in [0, 0.05) is 51.0 Å². The maximum absolute atomic E-state index is 13.4. The van der Waals surface area contributed by atoms with Crippen molar-refractivity contribution < 1.29 is 23.9 Å². The highest BCUT2D eigenvalue weighted by Crippen LogP contribution is 2.31. The van der Waals surface area contributed by atoms with E-state index in [2.05, 4.69) is 10.3 Å². The number of benzene rings is 1. The van der Waals surface area contributed by atoms with Crippen LogP contribution in [0.25, 0.3) is 0 Å². The fraction of sp³-hybridized carbons (Fsp3) is 0.481. The third-order valence-corrected chi connectivity index (χ3v) is 6.81. The number of nitrogens with zero attached hydrogens (tertiary/aromatic N) is 3. The van der Waals surface area contributed by atoms with Crippen molar-refractivity contribution in [1.29, 1.82) is 0 Å². The number of rotatable bonds is 4. The predicted octanol–water partition coefficient (Wildman–Crippen LogP) is 3.08. The number of amides is 3. The standard InChI is InChI=1S/C27H34N4O5/c1-17-14-31(27(34)22-7-5-6-12-28-22)18(2)16-36-23-11-10-20(29-25(32)19-8-9-19)13-21(23)26(33)30(3)15-24(17)35-4/h5-7,10-13,17-19,24H,8-9,14-16H2,1-4H3,(H,29,32)/t17-,18-,24+/m1/s1. The second-order valence-electron chi connectivity index (χ2n) is 9.74. The molecule has 1 aromatic heterocycles. The quantitative estimate of drug-likeness (QED) is 0.701. The number of pyridine rings is 1. The van der Waals surface area contributed by atoms with Crippen molar-refractivity contribution in [3.63, 3.8) is 0 Å². The number of carbonyl (C=O) groups is 3. The molecule has 1 aromatic carbocycles. The van der Waals surface area contributed by atoms with Crippen molar-refractivity contribution in [3.8, 4) is 5.75 Å². The lowest BCUT2D eigenvalue weighted by Crippen LogP contribution is -2.48.